The van der Waals surface area contributed by atoms with Crippen molar-refractivity contribution in [2.45, 2.75) is 19.4 Å². The Morgan fingerprint density at radius 1 is 1.12 bits per heavy atom. The van der Waals surface area contributed by atoms with Crippen molar-refractivity contribution in [2.75, 3.05) is 46.5 Å². The molecule has 0 saturated carbocycles. The largest absolute Gasteiger partial charge is 0.342 e. The number of hydrogen-bond acceptors (Lipinski definition) is 4. The van der Waals surface area contributed by atoms with Gasteiger partial charge < -0.3 is 9.80 Å². The SMILES string of the molecule is CN(Cc1ccccc1)CC1CCN(C(=O)CS(=O)(=O)N(C)C)CC1. The molecular formula is C18H29N3O3S. The highest BCUT2D eigenvalue weighted by Gasteiger charge is 2.27. The molecule has 0 spiro atoms. The third-order valence-corrected chi connectivity index (χ3v) is 6.42. The van der Waals surface area contributed by atoms with Crippen LogP contribution in [0.5, 0.6) is 0 Å². The molecule has 1 aliphatic heterocycles. The van der Waals surface area contributed by atoms with E-state index in [2.05, 4.69) is 36.2 Å². The average Bonchev–Trinajstić information content (AvgIpc) is 2.55. The lowest BCUT2D eigenvalue weighted by Gasteiger charge is -2.34. The van der Waals surface area contributed by atoms with Crippen molar-refractivity contribution in [3.63, 3.8) is 0 Å². The van der Waals surface area contributed by atoms with Gasteiger partial charge in [-0.3, -0.25) is 4.79 Å². The van der Waals surface area contributed by atoms with Crippen LogP contribution in [-0.4, -0.2) is 75.0 Å². The van der Waals surface area contributed by atoms with E-state index in [-0.39, 0.29) is 5.91 Å². The van der Waals surface area contributed by atoms with Gasteiger partial charge in [0.2, 0.25) is 15.9 Å². The van der Waals surface area contributed by atoms with Crippen LogP contribution in [0.15, 0.2) is 30.3 Å². The Morgan fingerprint density at radius 2 is 1.72 bits per heavy atom. The Balaban J connectivity index is 1.76. The number of nitrogens with zero attached hydrogens (tertiary/aromatic N) is 3. The molecule has 1 heterocycles. The van der Waals surface area contributed by atoms with Gasteiger partial charge >= 0.3 is 0 Å². The molecule has 25 heavy (non-hydrogen) atoms. The summed E-state index contributed by atoms with van der Waals surface area (Å²) in [6.07, 6.45) is 1.85. The fourth-order valence-electron chi connectivity index (χ4n) is 3.14. The van der Waals surface area contributed by atoms with Gasteiger partial charge in [0.25, 0.3) is 0 Å². The average molecular weight is 368 g/mol. The summed E-state index contributed by atoms with van der Waals surface area (Å²) in [6, 6.07) is 10.4. The second-order valence-electron chi connectivity index (χ2n) is 7.05. The van der Waals surface area contributed by atoms with Crippen molar-refractivity contribution in [1.82, 2.24) is 14.1 Å². The van der Waals surface area contributed by atoms with Gasteiger partial charge in [0.05, 0.1) is 0 Å². The van der Waals surface area contributed by atoms with Crippen molar-refractivity contribution in [2.24, 2.45) is 5.92 Å². The number of piperidine rings is 1. The van der Waals surface area contributed by atoms with Gasteiger partial charge in [-0.05, 0) is 31.4 Å². The number of amides is 1. The van der Waals surface area contributed by atoms with Crippen molar-refractivity contribution in [3.05, 3.63) is 35.9 Å². The normalized spacial score (nSPS) is 16.6. The van der Waals surface area contributed by atoms with Crippen LogP contribution in [0.25, 0.3) is 0 Å². The fraction of sp³-hybridized carbons (Fsp3) is 0.611. The van der Waals surface area contributed by atoms with Gasteiger partial charge in [0.15, 0.2) is 0 Å². The van der Waals surface area contributed by atoms with Crippen molar-refractivity contribution >= 4 is 15.9 Å². The van der Waals surface area contributed by atoms with Gasteiger partial charge in [-0.25, -0.2) is 12.7 Å². The van der Waals surface area contributed by atoms with Crippen LogP contribution in [0.2, 0.25) is 0 Å². The van der Waals surface area contributed by atoms with Crippen LogP contribution < -0.4 is 0 Å². The number of carbonyl (C=O) groups excluding carboxylic acids is 1. The molecule has 1 saturated heterocycles. The van der Waals surface area contributed by atoms with Crippen molar-refractivity contribution in [3.8, 4) is 0 Å². The molecule has 0 atom stereocenters. The molecule has 140 valence electrons. The summed E-state index contributed by atoms with van der Waals surface area (Å²) in [5.41, 5.74) is 1.30. The van der Waals surface area contributed by atoms with Crippen LogP contribution in [0.1, 0.15) is 18.4 Å². The van der Waals surface area contributed by atoms with E-state index >= 15 is 0 Å². The Bertz CT molecular complexity index is 653. The summed E-state index contributed by atoms with van der Waals surface area (Å²) in [6.45, 7) is 3.20. The molecule has 0 radical (unpaired) electrons. The van der Waals surface area contributed by atoms with Crippen LogP contribution in [0.4, 0.5) is 0 Å². The molecule has 0 N–H and O–H groups in total. The number of benzene rings is 1. The molecule has 1 aliphatic rings. The number of carbonyl (C=O) groups is 1. The van der Waals surface area contributed by atoms with E-state index in [1.165, 1.54) is 19.7 Å². The maximum atomic E-state index is 12.2. The molecule has 0 bridgehead atoms. The first-order chi connectivity index (χ1) is 11.8. The van der Waals surface area contributed by atoms with Crippen LogP contribution in [-0.2, 0) is 21.4 Å². The van der Waals surface area contributed by atoms with Gasteiger partial charge in [0, 0.05) is 40.3 Å². The first-order valence-electron chi connectivity index (χ1n) is 8.68. The van der Waals surface area contributed by atoms with Crippen molar-refractivity contribution in [1.29, 1.82) is 0 Å². The van der Waals surface area contributed by atoms with Gasteiger partial charge in [-0.1, -0.05) is 30.3 Å². The summed E-state index contributed by atoms with van der Waals surface area (Å²) >= 11 is 0. The molecule has 0 unspecified atom stereocenters. The second-order valence-corrected chi connectivity index (χ2v) is 9.23. The molecule has 1 aromatic carbocycles. The summed E-state index contributed by atoms with van der Waals surface area (Å²) < 4.78 is 24.8. The first-order valence-corrected chi connectivity index (χ1v) is 10.3. The van der Waals surface area contributed by atoms with E-state index in [1.807, 2.05) is 6.07 Å². The van der Waals surface area contributed by atoms with Crippen LogP contribution in [0, 0.1) is 5.92 Å². The maximum Gasteiger partial charge on any atom is 0.239 e. The van der Waals surface area contributed by atoms with E-state index in [1.54, 1.807) is 4.90 Å². The quantitative estimate of drug-likeness (QED) is 0.728. The molecule has 2 rings (SSSR count). The zero-order valence-corrected chi connectivity index (χ0v) is 16.2. The van der Waals surface area contributed by atoms with Gasteiger partial charge in [-0.15, -0.1) is 0 Å². The summed E-state index contributed by atoms with van der Waals surface area (Å²) in [4.78, 5) is 16.2. The molecule has 0 aromatic heterocycles. The first kappa shape index (κ1) is 19.9. The molecule has 7 heteroatoms. The molecule has 1 fully saturated rings. The highest BCUT2D eigenvalue weighted by atomic mass is 32.2. The molecule has 0 aliphatic carbocycles. The molecule has 1 amide bonds. The third-order valence-electron chi connectivity index (χ3n) is 4.69. The van der Waals surface area contributed by atoms with E-state index in [9.17, 15) is 13.2 Å². The summed E-state index contributed by atoms with van der Waals surface area (Å²) in [5.74, 6) is -0.175. The Labute approximate surface area is 151 Å². The van der Waals surface area contributed by atoms with Crippen LogP contribution in [0.3, 0.4) is 0 Å². The third kappa shape index (κ3) is 6.09. The maximum absolute atomic E-state index is 12.2. The van der Waals surface area contributed by atoms with E-state index in [4.69, 9.17) is 0 Å². The van der Waals surface area contributed by atoms with E-state index in [0.717, 1.165) is 30.2 Å². The zero-order chi connectivity index (χ0) is 18.4. The summed E-state index contributed by atoms with van der Waals surface area (Å²) in [5, 5.41) is 0. The van der Waals surface area contributed by atoms with Gasteiger partial charge in [-0.2, -0.15) is 0 Å². The highest BCUT2D eigenvalue weighted by Crippen LogP contribution is 2.19. The van der Waals surface area contributed by atoms with Gasteiger partial charge in [0.1, 0.15) is 5.75 Å². The lowest BCUT2D eigenvalue weighted by atomic mass is 9.96. The minimum atomic E-state index is -3.48. The Kier molecular flexibility index (Phi) is 6.98. The zero-order valence-electron chi connectivity index (χ0n) is 15.4. The highest BCUT2D eigenvalue weighted by molar-refractivity contribution is 7.89. The summed E-state index contributed by atoms with van der Waals surface area (Å²) in [7, 11) is 1.55. The number of sulfonamides is 1. The van der Waals surface area contributed by atoms with E-state index < -0.39 is 15.8 Å². The number of hydrogen-bond donors (Lipinski definition) is 0. The second kappa shape index (κ2) is 8.78. The molecule has 6 nitrogen and oxygen atoms in total. The number of rotatable bonds is 7. The number of likely N-dealkylation sites (tertiary alicyclic amines) is 1. The fourth-order valence-corrected chi connectivity index (χ4v) is 3.89. The van der Waals surface area contributed by atoms with Crippen molar-refractivity contribution < 1.29 is 13.2 Å². The Morgan fingerprint density at radius 3 is 2.28 bits per heavy atom. The monoisotopic (exact) mass is 367 g/mol. The lowest BCUT2D eigenvalue weighted by molar-refractivity contribution is -0.129. The standard InChI is InChI=1S/C18H29N3O3S/c1-19(2)25(23,24)15-18(22)21-11-9-17(10-12-21)14-20(3)13-16-7-5-4-6-8-16/h4-8,17H,9-15H2,1-3H3. The lowest BCUT2D eigenvalue weighted by Crippen LogP contribution is -2.44. The minimum Gasteiger partial charge on any atom is -0.342 e. The van der Waals surface area contributed by atoms with Crippen LogP contribution >= 0.6 is 0 Å². The predicted molar refractivity (Wildman–Crippen MR) is 99.6 cm³/mol. The topological polar surface area (TPSA) is 60.9 Å². The van der Waals surface area contributed by atoms with E-state index in [0.29, 0.717) is 19.0 Å². The predicted octanol–water partition coefficient (Wildman–Crippen LogP) is 1.25. The molecule has 1 aromatic rings. The Hall–Kier alpha value is -1.44. The molecular weight excluding hydrogens is 338 g/mol. The smallest absolute Gasteiger partial charge is 0.239 e. The minimum absolute atomic E-state index is 0.287.